The van der Waals surface area contributed by atoms with Crippen molar-refractivity contribution in [3.8, 4) is 16.8 Å². The summed E-state index contributed by atoms with van der Waals surface area (Å²) in [7, 11) is 0. The Kier molecular flexibility index (Phi) is 4.86. The van der Waals surface area contributed by atoms with E-state index in [-0.39, 0.29) is 5.56 Å². The first-order chi connectivity index (χ1) is 13.1. The molecule has 0 amide bonds. The molecule has 0 N–H and O–H groups in total. The van der Waals surface area contributed by atoms with Gasteiger partial charge in [-0.05, 0) is 24.5 Å². The molecule has 5 nitrogen and oxygen atoms in total. The van der Waals surface area contributed by atoms with Gasteiger partial charge in [0.2, 0.25) is 0 Å². The van der Waals surface area contributed by atoms with Gasteiger partial charge in [0, 0.05) is 35.9 Å². The molecule has 0 spiro atoms. The van der Waals surface area contributed by atoms with Gasteiger partial charge in [0.1, 0.15) is 0 Å². The Labute approximate surface area is 169 Å². The van der Waals surface area contributed by atoms with E-state index in [1.807, 2.05) is 18.4 Å². The number of aromatic nitrogens is 4. The summed E-state index contributed by atoms with van der Waals surface area (Å²) >= 11 is 14.1. The number of thioether (sulfide) groups is 1. The SMILES string of the molecule is CSc1ncc2c(=O)n(-c3c(Cl)cccc3Cl)cc(-c3cccnc3)c2n1. The minimum absolute atomic E-state index is 0.291. The van der Waals surface area contributed by atoms with Crippen molar-refractivity contribution in [2.45, 2.75) is 5.16 Å². The summed E-state index contributed by atoms with van der Waals surface area (Å²) in [6.45, 7) is 0. The van der Waals surface area contributed by atoms with Gasteiger partial charge in [0.05, 0.1) is 26.6 Å². The van der Waals surface area contributed by atoms with Gasteiger partial charge in [-0.1, -0.05) is 47.1 Å². The van der Waals surface area contributed by atoms with Crippen LogP contribution in [-0.2, 0) is 0 Å². The summed E-state index contributed by atoms with van der Waals surface area (Å²) in [5, 5.41) is 1.72. The molecule has 3 aromatic heterocycles. The molecule has 134 valence electrons. The molecule has 0 fully saturated rings. The second-order valence-corrected chi connectivity index (χ2v) is 7.24. The highest BCUT2D eigenvalue weighted by molar-refractivity contribution is 7.98. The zero-order valence-electron chi connectivity index (χ0n) is 14.1. The van der Waals surface area contributed by atoms with Crippen molar-refractivity contribution in [3.63, 3.8) is 0 Å². The Bertz CT molecular complexity index is 1190. The van der Waals surface area contributed by atoms with Crippen molar-refractivity contribution < 1.29 is 0 Å². The van der Waals surface area contributed by atoms with E-state index in [0.717, 1.165) is 11.1 Å². The second-order valence-electron chi connectivity index (χ2n) is 5.65. The van der Waals surface area contributed by atoms with Gasteiger partial charge in [-0.2, -0.15) is 0 Å². The molecule has 8 heteroatoms. The van der Waals surface area contributed by atoms with E-state index in [1.165, 1.54) is 22.5 Å². The number of halogens is 2. The summed E-state index contributed by atoms with van der Waals surface area (Å²) in [6, 6.07) is 8.85. The van der Waals surface area contributed by atoms with Crippen molar-refractivity contribution in [1.82, 2.24) is 19.5 Å². The molecule has 27 heavy (non-hydrogen) atoms. The maximum atomic E-state index is 13.2. The Hall–Kier alpha value is -2.41. The zero-order valence-corrected chi connectivity index (χ0v) is 16.4. The third-order valence-corrected chi connectivity index (χ3v) is 5.23. The van der Waals surface area contributed by atoms with Crippen LogP contribution in [-0.4, -0.2) is 25.8 Å². The predicted octanol–water partition coefficient (Wildman–Crippen LogP) is 4.87. The van der Waals surface area contributed by atoms with E-state index >= 15 is 0 Å². The maximum Gasteiger partial charge on any atom is 0.266 e. The normalized spacial score (nSPS) is 11.1. The Morgan fingerprint density at radius 2 is 1.85 bits per heavy atom. The van der Waals surface area contributed by atoms with Crippen molar-refractivity contribution >= 4 is 45.9 Å². The minimum Gasteiger partial charge on any atom is -0.280 e. The summed E-state index contributed by atoms with van der Waals surface area (Å²) in [5.74, 6) is 0. The second kappa shape index (κ2) is 7.31. The van der Waals surface area contributed by atoms with Gasteiger partial charge in [-0.15, -0.1) is 0 Å². The standard InChI is InChI=1S/C19H12Cl2N4OS/c1-27-19-23-9-12-16(24-19)13(11-4-3-7-22-8-11)10-25(18(12)26)17-14(20)5-2-6-15(17)21/h2-10H,1H3. The van der Waals surface area contributed by atoms with Crippen molar-refractivity contribution in [1.29, 1.82) is 0 Å². The van der Waals surface area contributed by atoms with Crippen LogP contribution in [0.4, 0.5) is 0 Å². The fourth-order valence-corrected chi connectivity index (χ4v) is 3.74. The Balaban J connectivity index is 2.14. The van der Waals surface area contributed by atoms with Crippen LogP contribution in [0.5, 0.6) is 0 Å². The number of fused-ring (bicyclic) bond motifs is 1. The molecule has 3 heterocycles. The first kappa shape index (κ1) is 18.0. The molecule has 0 unspecified atom stereocenters. The summed E-state index contributed by atoms with van der Waals surface area (Å²) in [5.41, 5.74) is 2.26. The average Bonchev–Trinajstić information content (AvgIpc) is 2.69. The van der Waals surface area contributed by atoms with E-state index in [4.69, 9.17) is 23.2 Å². The van der Waals surface area contributed by atoms with Gasteiger partial charge >= 0.3 is 0 Å². The molecule has 0 bridgehead atoms. The summed E-state index contributed by atoms with van der Waals surface area (Å²) in [6.07, 6.45) is 8.53. The molecular weight excluding hydrogens is 403 g/mol. The predicted molar refractivity (Wildman–Crippen MR) is 110 cm³/mol. The van der Waals surface area contributed by atoms with E-state index in [1.54, 1.807) is 36.8 Å². The largest absolute Gasteiger partial charge is 0.280 e. The number of hydrogen-bond acceptors (Lipinski definition) is 5. The number of benzene rings is 1. The van der Waals surface area contributed by atoms with E-state index in [9.17, 15) is 4.79 Å². The quantitative estimate of drug-likeness (QED) is 0.353. The molecule has 0 aliphatic carbocycles. The Morgan fingerprint density at radius 1 is 1.07 bits per heavy atom. The number of hydrogen-bond donors (Lipinski definition) is 0. The van der Waals surface area contributed by atoms with Crippen LogP contribution in [0.3, 0.4) is 0 Å². The average molecular weight is 415 g/mol. The van der Waals surface area contributed by atoms with Crippen LogP contribution in [0.1, 0.15) is 0 Å². The van der Waals surface area contributed by atoms with Crippen LogP contribution >= 0.6 is 35.0 Å². The lowest BCUT2D eigenvalue weighted by Crippen LogP contribution is -2.20. The van der Waals surface area contributed by atoms with Crippen LogP contribution < -0.4 is 5.56 Å². The Morgan fingerprint density at radius 3 is 2.52 bits per heavy atom. The van der Waals surface area contributed by atoms with Crippen LogP contribution in [0.2, 0.25) is 10.0 Å². The van der Waals surface area contributed by atoms with Crippen LogP contribution in [0.15, 0.2) is 65.1 Å². The molecule has 0 atom stereocenters. The molecule has 1 aromatic carbocycles. The van der Waals surface area contributed by atoms with E-state index in [0.29, 0.717) is 31.8 Å². The van der Waals surface area contributed by atoms with Gasteiger partial charge in [-0.25, -0.2) is 9.97 Å². The molecule has 0 aliphatic rings. The lowest BCUT2D eigenvalue weighted by atomic mass is 10.1. The van der Waals surface area contributed by atoms with Gasteiger partial charge < -0.3 is 0 Å². The number of pyridine rings is 2. The smallest absolute Gasteiger partial charge is 0.266 e. The number of rotatable bonds is 3. The highest BCUT2D eigenvalue weighted by Gasteiger charge is 2.17. The third kappa shape index (κ3) is 3.20. The number of para-hydroxylation sites is 1. The van der Waals surface area contributed by atoms with Crippen molar-refractivity contribution in [2.24, 2.45) is 0 Å². The van der Waals surface area contributed by atoms with Crippen LogP contribution in [0, 0.1) is 0 Å². The molecule has 0 aliphatic heterocycles. The third-order valence-electron chi connectivity index (χ3n) is 4.06. The molecule has 0 saturated heterocycles. The monoisotopic (exact) mass is 414 g/mol. The molecule has 4 rings (SSSR count). The van der Waals surface area contributed by atoms with Crippen molar-refractivity contribution in [3.05, 3.63) is 75.5 Å². The lowest BCUT2D eigenvalue weighted by Gasteiger charge is -2.14. The van der Waals surface area contributed by atoms with Crippen LogP contribution in [0.25, 0.3) is 27.7 Å². The molecular formula is C19H12Cl2N4OS. The van der Waals surface area contributed by atoms with Crippen molar-refractivity contribution in [2.75, 3.05) is 6.26 Å². The topological polar surface area (TPSA) is 60.7 Å². The lowest BCUT2D eigenvalue weighted by molar-refractivity contribution is 0.971. The molecule has 0 saturated carbocycles. The number of nitrogens with zero attached hydrogens (tertiary/aromatic N) is 4. The van der Waals surface area contributed by atoms with E-state index < -0.39 is 0 Å². The summed E-state index contributed by atoms with van der Waals surface area (Å²) in [4.78, 5) is 26.2. The first-order valence-electron chi connectivity index (χ1n) is 7.91. The maximum absolute atomic E-state index is 13.2. The fraction of sp³-hybridized carbons (Fsp3) is 0.0526. The molecule has 4 aromatic rings. The fourth-order valence-electron chi connectivity index (χ4n) is 2.82. The summed E-state index contributed by atoms with van der Waals surface area (Å²) < 4.78 is 1.44. The van der Waals surface area contributed by atoms with E-state index in [2.05, 4.69) is 15.0 Å². The van der Waals surface area contributed by atoms with Gasteiger partial charge in [-0.3, -0.25) is 14.3 Å². The minimum atomic E-state index is -0.291. The van der Waals surface area contributed by atoms with Gasteiger partial charge in [0.15, 0.2) is 5.16 Å². The highest BCUT2D eigenvalue weighted by atomic mass is 35.5. The molecule has 0 radical (unpaired) electrons. The highest BCUT2D eigenvalue weighted by Crippen LogP contribution is 2.31. The zero-order chi connectivity index (χ0) is 19.0. The first-order valence-corrected chi connectivity index (χ1v) is 9.89. The van der Waals surface area contributed by atoms with Gasteiger partial charge in [0.25, 0.3) is 5.56 Å².